The summed E-state index contributed by atoms with van der Waals surface area (Å²) in [6, 6.07) is 30.7. The summed E-state index contributed by atoms with van der Waals surface area (Å²) < 4.78 is 37.1. The Balaban J connectivity index is 1.26. The van der Waals surface area contributed by atoms with Crippen LogP contribution >= 0.6 is 0 Å². The van der Waals surface area contributed by atoms with Crippen LogP contribution in [0.2, 0.25) is 0 Å². The van der Waals surface area contributed by atoms with Gasteiger partial charge in [-0.3, -0.25) is 34.6 Å². The minimum absolute atomic E-state index is 0.0527. The van der Waals surface area contributed by atoms with Crippen LogP contribution in [0.1, 0.15) is 100 Å². The van der Waals surface area contributed by atoms with E-state index in [9.17, 15) is 54.4 Å². The van der Waals surface area contributed by atoms with Crippen LogP contribution < -0.4 is 5.32 Å². The van der Waals surface area contributed by atoms with Gasteiger partial charge in [0.05, 0.1) is 39.5 Å². The number of ether oxygens (including phenoxy) is 6. The maximum Gasteiger partial charge on any atom is 0.350 e. The van der Waals surface area contributed by atoms with Crippen LogP contribution in [0.3, 0.4) is 0 Å². The van der Waals surface area contributed by atoms with Crippen LogP contribution in [-0.4, -0.2) is 116 Å². The number of nitrogens with zero attached hydrogens (tertiary/aromatic N) is 2. The van der Waals surface area contributed by atoms with E-state index in [1.807, 2.05) is 0 Å². The lowest BCUT2D eigenvalue weighted by Crippen LogP contribution is -2.82. The molecule has 22 heteroatoms. The minimum atomic E-state index is -2.70. The minimum Gasteiger partial charge on any atom is -0.455 e. The molecule has 9 rings (SSSR count). The fourth-order valence-corrected chi connectivity index (χ4v) is 12.1. The Morgan fingerprint density at radius 3 is 1.79 bits per heavy atom. The normalized spacial score (nSPS) is 26.9. The summed E-state index contributed by atoms with van der Waals surface area (Å²) in [5, 5.41) is 54.0. The smallest absolute Gasteiger partial charge is 0.350 e. The van der Waals surface area contributed by atoms with Crippen molar-refractivity contribution in [3.8, 4) is 0 Å². The third kappa shape index (κ3) is 9.99. The number of nitrogens with one attached hydrogen (secondary N) is 1. The predicted octanol–water partition coefficient (Wildman–Crippen LogP) is 6.71. The van der Waals surface area contributed by atoms with Gasteiger partial charge in [0.2, 0.25) is 6.10 Å². The Bertz CT molecular complexity index is 3390. The van der Waals surface area contributed by atoms with E-state index >= 15 is 9.59 Å². The molecule has 0 spiro atoms. The summed E-state index contributed by atoms with van der Waals surface area (Å²) in [4.78, 5) is 126. The van der Waals surface area contributed by atoms with Gasteiger partial charge in [-0.05, 0) is 67.0 Å². The van der Waals surface area contributed by atoms with Crippen molar-refractivity contribution in [1.29, 1.82) is 0 Å². The molecule has 1 heterocycles. The average molecular weight is 1110 g/mol. The van der Waals surface area contributed by atoms with Crippen LogP contribution in [0.25, 0.3) is 0 Å². The Hall–Kier alpha value is -8.99. The molecule has 4 aliphatic rings. The average Bonchev–Trinajstić information content (AvgIpc) is 2.04. The van der Waals surface area contributed by atoms with E-state index in [1.54, 1.807) is 42.5 Å². The van der Waals surface area contributed by atoms with E-state index < -0.39 is 158 Å². The van der Waals surface area contributed by atoms with Crippen LogP contribution in [0.5, 0.6) is 0 Å². The first-order chi connectivity index (χ1) is 38.5. The van der Waals surface area contributed by atoms with Gasteiger partial charge in [0.25, 0.3) is 17.3 Å². The number of hydrogen-bond acceptors (Lipinski definition) is 19. The zero-order chi connectivity index (χ0) is 58.3. The summed E-state index contributed by atoms with van der Waals surface area (Å²) in [6.07, 6.45) is -12.6. The van der Waals surface area contributed by atoms with Crippen LogP contribution in [0, 0.1) is 37.0 Å². The molecular formula is C59H55N3O19. The number of nitro groups is 2. The van der Waals surface area contributed by atoms with Crippen molar-refractivity contribution in [3.63, 3.8) is 0 Å². The van der Waals surface area contributed by atoms with Crippen molar-refractivity contribution in [3.05, 3.63) is 199 Å². The lowest BCUT2D eigenvalue weighted by atomic mass is 9.44. The van der Waals surface area contributed by atoms with E-state index in [4.69, 9.17) is 28.4 Å². The maximum atomic E-state index is 16.3. The van der Waals surface area contributed by atoms with Crippen molar-refractivity contribution >= 4 is 52.9 Å². The molecule has 2 bridgehead atoms. The molecule has 81 heavy (non-hydrogen) atoms. The highest BCUT2D eigenvalue weighted by Gasteiger charge is 2.78. The molecule has 0 radical (unpaired) electrons. The summed E-state index contributed by atoms with van der Waals surface area (Å²) in [5.74, 6) is -9.97. The molecule has 1 saturated heterocycles. The number of fused-ring (bicyclic) bond motifs is 5. The molecule has 420 valence electrons. The standard InChI is InChI=1S/C59H55N3O19/c1-32-41(77-55(70)47(79-54(69)38-26-16-18-28-40(38)62(74)75)45(34-19-9-6-10-20-34)60-51(66)35-21-11-7-12-22-35)30-59(71)50(80-52(67)36-23-13-8-14-24-36)48-57(5,42(64)29-43-58(48,31-76-43)81-33(2)63)49(65)46(44(32)56(59,3)4)78-53(68)37-25-15-17-27-39(37)61(72)73/h6-28,41-43,45-48,50,64,71H,29-31H2,1-5H3,(H,60,66)/t41-,42-,43+,45?,46+,47?,48?,50-,57+,58-,59+/m0/s1. The van der Waals surface area contributed by atoms with Crippen molar-refractivity contribution in [2.45, 2.75) is 101 Å². The highest BCUT2D eigenvalue weighted by molar-refractivity contribution is 6.00. The first-order valence-corrected chi connectivity index (χ1v) is 25.7. The third-order valence-corrected chi connectivity index (χ3v) is 16.3. The molecule has 5 aromatic rings. The number of para-hydroxylation sites is 2. The number of benzene rings is 5. The number of hydrogen-bond donors (Lipinski definition) is 3. The van der Waals surface area contributed by atoms with Gasteiger partial charge in [-0.15, -0.1) is 0 Å². The number of amides is 1. The van der Waals surface area contributed by atoms with Gasteiger partial charge in [0.15, 0.2) is 17.5 Å². The zero-order valence-corrected chi connectivity index (χ0v) is 44.2. The summed E-state index contributed by atoms with van der Waals surface area (Å²) in [5.41, 5.74) is -11.9. The van der Waals surface area contributed by atoms with Gasteiger partial charge in [0.1, 0.15) is 41.1 Å². The van der Waals surface area contributed by atoms with E-state index in [0.717, 1.165) is 31.2 Å². The number of carbonyl (C=O) groups excluding carboxylic acids is 7. The predicted molar refractivity (Wildman–Crippen MR) is 281 cm³/mol. The molecule has 3 fully saturated rings. The van der Waals surface area contributed by atoms with E-state index in [2.05, 4.69) is 5.32 Å². The molecule has 3 unspecified atom stereocenters. The highest BCUT2D eigenvalue weighted by Crippen LogP contribution is 2.64. The SMILES string of the molecule is CC(=O)O[C@@]12CO[C@@H]1C[C@H](O)[C@@]1(C)C(=O)[C@H](OC(=O)c3ccccc3[N+](=O)[O-])C3=C(C)[C@@H](OC(=O)C(OC(=O)c4ccccc4[N+](=O)[O-])C(NC(=O)c4ccccc4)c4ccccc4)C[C@@](O)([C@@H](OC(=O)c4ccccc4)C12)C3(C)C. The topological polar surface area (TPSA) is 314 Å². The molecule has 1 amide bonds. The number of Topliss-reactive ketones (excluding diaryl/α,β-unsaturated/α-hetero) is 1. The molecule has 3 N–H and O–H groups in total. The molecule has 2 saturated carbocycles. The molecule has 5 aromatic carbocycles. The number of carbonyl (C=O) groups is 7. The number of esters is 5. The van der Waals surface area contributed by atoms with E-state index in [0.29, 0.717) is 0 Å². The number of nitro benzene ring substituents is 2. The zero-order valence-electron chi connectivity index (χ0n) is 44.2. The lowest BCUT2D eigenvalue weighted by molar-refractivity contribution is -0.385. The first kappa shape index (κ1) is 56.7. The fraction of sp³-hybridized carbons (Fsp3) is 0.339. The van der Waals surface area contributed by atoms with Crippen molar-refractivity contribution < 1.29 is 82.0 Å². The van der Waals surface area contributed by atoms with Crippen LogP contribution in [0.15, 0.2) is 151 Å². The Labute approximate surface area is 462 Å². The second-order valence-electron chi connectivity index (χ2n) is 21.1. The molecule has 1 aliphatic heterocycles. The maximum absolute atomic E-state index is 16.3. The number of rotatable bonds is 15. The van der Waals surface area contributed by atoms with Crippen molar-refractivity contribution in [2.75, 3.05) is 6.61 Å². The molecule has 3 aliphatic carbocycles. The number of aliphatic hydroxyl groups excluding tert-OH is 1. The van der Waals surface area contributed by atoms with Crippen molar-refractivity contribution in [1.82, 2.24) is 5.32 Å². The van der Waals surface area contributed by atoms with Crippen LogP contribution in [-0.2, 0) is 42.8 Å². The van der Waals surface area contributed by atoms with Crippen LogP contribution in [0.4, 0.5) is 11.4 Å². The molecule has 22 nitrogen and oxygen atoms in total. The van der Waals surface area contributed by atoms with E-state index in [1.165, 1.54) is 100 Å². The summed E-state index contributed by atoms with van der Waals surface area (Å²) >= 11 is 0. The fourth-order valence-electron chi connectivity index (χ4n) is 12.1. The summed E-state index contributed by atoms with van der Waals surface area (Å²) in [6.45, 7) is 6.08. The molecular weight excluding hydrogens is 1050 g/mol. The van der Waals surface area contributed by atoms with E-state index in [-0.39, 0.29) is 34.3 Å². The third-order valence-electron chi connectivity index (χ3n) is 16.3. The van der Waals surface area contributed by atoms with Gasteiger partial charge < -0.3 is 44.0 Å². The van der Waals surface area contributed by atoms with Gasteiger partial charge in [-0.2, -0.15) is 0 Å². The monoisotopic (exact) mass is 1110 g/mol. The second-order valence-corrected chi connectivity index (χ2v) is 21.1. The second kappa shape index (κ2) is 21.9. The first-order valence-electron chi connectivity index (χ1n) is 25.7. The number of ketones is 1. The number of aliphatic hydroxyl groups is 2. The quantitative estimate of drug-likeness (QED) is 0.0322. The lowest BCUT2D eigenvalue weighted by Gasteiger charge is -2.67. The highest BCUT2D eigenvalue weighted by atomic mass is 16.6. The van der Waals surface area contributed by atoms with Gasteiger partial charge in [0, 0.05) is 42.9 Å². The Morgan fingerprint density at radius 1 is 0.716 bits per heavy atom. The van der Waals surface area contributed by atoms with Gasteiger partial charge in [-0.1, -0.05) is 105 Å². The largest absolute Gasteiger partial charge is 0.455 e. The van der Waals surface area contributed by atoms with Crippen molar-refractivity contribution in [2.24, 2.45) is 16.7 Å². The molecule has 11 atom stereocenters. The molecule has 0 aromatic heterocycles. The Morgan fingerprint density at radius 2 is 1.25 bits per heavy atom. The summed E-state index contributed by atoms with van der Waals surface area (Å²) in [7, 11) is 0. The van der Waals surface area contributed by atoms with Gasteiger partial charge in [-0.25, -0.2) is 19.2 Å². The van der Waals surface area contributed by atoms with Gasteiger partial charge >= 0.3 is 29.8 Å². The Kier molecular flexibility index (Phi) is 15.3.